The number of carbonyl (C=O) groups is 3. The first-order valence-corrected chi connectivity index (χ1v) is 9.64. The first kappa shape index (κ1) is 23.1. The minimum Gasteiger partial charge on any atom is -0.478 e. The largest absolute Gasteiger partial charge is 0.478 e. The number of rotatable bonds is 10. The average molecular weight is 413 g/mol. The predicted octanol–water partition coefficient (Wildman–Crippen LogP) is 2.75. The van der Waals surface area contributed by atoms with Crippen LogP contribution in [0.5, 0.6) is 0 Å². The second-order valence-corrected chi connectivity index (χ2v) is 7.30. The molecule has 7 nitrogen and oxygen atoms in total. The first-order valence-electron chi connectivity index (χ1n) is 9.64. The lowest BCUT2D eigenvalue weighted by molar-refractivity contribution is -0.154. The summed E-state index contributed by atoms with van der Waals surface area (Å²) in [7, 11) is 0. The third kappa shape index (κ3) is 7.00. The number of epoxide rings is 1. The highest BCUT2D eigenvalue weighted by Crippen LogP contribution is 2.33. The molecule has 0 aromatic heterocycles. The number of aliphatic carboxylic acids is 1. The van der Waals surface area contributed by atoms with Gasteiger partial charge in [0.25, 0.3) is 0 Å². The number of ether oxygens (including phenoxy) is 2. The van der Waals surface area contributed by atoms with Gasteiger partial charge in [-0.2, -0.15) is 0 Å². The number of carbonyl (C=O) groups excluding carboxylic acids is 2. The van der Waals surface area contributed by atoms with Gasteiger partial charge in [0, 0.05) is 18.9 Å². The molecule has 0 radical (unpaired) electrons. The van der Waals surface area contributed by atoms with Crippen LogP contribution in [0, 0.1) is 0 Å². The lowest BCUT2D eigenvalue weighted by Gasteiger charge is -2.26. The van der Waals surface area contributed by atoms with E-state index in [2.05, 4.69) is 5.32 Å². The van der Waals surface area contributed by atoms with Crippen LogP contribution >= 0.6 is 0 Å². The van der Waals surface area contributed by atoms with E-state index in [0.29, 0.717) is 6.61 Å². The Morgan fingerprint density at radius 1 is 1.17 bits per heavy atom. The van der Waals surface area contributed by atoms with Crippen molar-refractivity contribution in [2.45, 2.75) is 44.4 Å². The Kier molecular flexibility index (Phi) is 8.12. The smallest absolute Gasteiger partial charge is 0.329 e. The zero-order valence-corrected chi connectivity index (χ0v) is 17.3. The van der Waals surface area contributed by atoms with Gasteiger partial charge < -0.3 is 19.9 Å². The molecule has 1 aromatic carbocycles. The lowest BCUT2D eigenvalue weighted by atomic mass is 9.93. The molecule has 0 bridgehead atoms. The van der Waals surface area contributed by atoms with Crippen LogP contribution in [0.25, 0.3) is 0 Å². The van der Waals surface area contributed by atoms with Gasteiger partial charge >= 0.3 is 11.9 Å². The van der Waals surface area contributed by atoms with Crippen molar-refractivity contribution in [1.29, 1.82) is 0 Å². The molecule has 1 aromatic rings. The molecule has 2 N–H and O–H groups in total. The second-order valence-electron chi connectivity index (χ2n) is 7.30. The van der Waals surface area contributed by atoms with Crippen molar-refractivity contribution in [1.82, 2.24) is 5.32 Å². The summed E-state index contributed by atoms with van der Waals surface area (Å²) in [6, 6.07) is 8.57. The number of hydrogen-bond donors (Lipinski definition) is 2. The van der Waals surface area contributed by atoms with Gasteiger partial charge in [-0.3, -0.25) is 4.79 Å². The molecule has 1 aliphatic heterocycles. The SMILES string of the molecule is CC(=O)N[C@H](C(=O)O[C@H](C=CC=CC=CC(=O)O)[C@]1(C)CO1)[C@@H](C)c1ccccc1. The lowest BCUT2D eigenvalue weighted by Crippen LogP contribution is -2.46. The van der Waals surface area contributed by atoms with Gasteiger partial charge in [0.15, 0.2) is 6.10 Å². The van der Waals surface area contributed by atoms with Crippen LogP contribution in [0.4, 0.5) is 0 Å². The summed E-state index contributed by atoms with van der Waals surface area (Å²) >= 11 is 0. The molecule has 1 amide bonds. The molecular weight excluding hydrogens is 386 g/mol. The van der Waals surface area contributed by atoms with E-state index in [-0.39, 0.29) is 11.8 Å². The molecule has 4 atom stereocenters. The predicted molar refractivity (Wildman–Crippen MR) is 112 cm³/mol. The number of benzene rings is 1. The Morgan fingerprint density at radius 3 is 2.37 bits per heavy atom. The van der Waals surface area contributed by atoms with Crippen LogP contribution in [0.3, 0.4) is 0 Å². The zero-order chi connectivity index (χ0) is 22.1. The molecule has 1 heterocycles. The van der Waals surface area contributed by atoms with Crippen molar-refractivity contribution in [3.8, 4) is 0 Å². The van der Waals surface area contributed by atoms with E-state index >= 15 is 0 Å². The van der Waals surface area contributed by atoms with Crippen LogP contribution in [0.2, 0.25) is 0 Å². The summed E-state index contributed by atoms with van der Waals surface area (Å²) in [4.78, 5) is 35.1. The van der Waals surface area contributed by atoms with E-state index < -0.39 is 29.7 Å². The zero-order valence-electron chi connectivity index (χ0n) is 17.3. The van der Waals surface area contributed by atoms with E-state index in [1.807, 2.05) is 44.2 Å². The fraction of sp³-hybridized carbons (Fsp3) is 0.348. The third-order valence-corrected chi connectivity index (χ3v) is 4.74. The van der Waals surface area contributed by atoms with Gasteiger partial charge in [-0.15, -0.1) is 0 Å². The molecule has 30 heavy (non-hydrogen) atoms. The van der Waals surface area contributed by atoms with Gasteiger partial charge in [-0.25, -0.2) is 9.59 Å². The maximum absolute atomic E-state index is 13.0. The quantitative estimate of drug-likeness (QED) is 0.264. The average Bonchev–Trinajstić information content (AvgIpc) is 3.46. The molecule has 0 saturated carbocycles. The highest BCUT2D eigenvalue weighted by Gasteiger charge is 2.49. The van der Waals surface area contributed by atoms with Crippen LogP contribution in [0.15, 0.2) is 66.8 Å². The first-order chi connectivity index (χ1) is 14.2. The van der Waals surface area contributed by atoms with Gasteiger partial charge in [0.2, 0.25) is 5.91 Å². The summed E-state index contributed by atoms with van der Waals surface area (Å²) in [5.74, 6) is -2.20. The topological polar surface area (TPSA) is 105 Å². The van der Waals surface area contributed by atoms with Crippen LogP contribution in [-0.2, 0) is 23.9 Å². The summed E-state index contributed by atoms with van der Waals surface area (Å²) in [6.07, 6.45) is 8.26. The van der Waals surface area contributed by atoms with E-state index in [1.54, 1.807) is 24.3 Å². The molecule has 7 heteroatoms. The van der Waals surface area contributed by atoms with Crippen LogP contribution < -0.4 is 5.32 Å². The van der Waals surface area contributed by atoms with Crippen molar-refractivity contribution in [3.63, 3.8) is 0 Å². The van der Waals surface area contributed by atoms with Crippen molar-refractivity contribution in [3.05, 3.63) is 72.4 Å². The maximum atomic E-state index is 13.0. The molecule has 2 rings (SSSR count). The highest BCUT2D eigenvalue weighted by molar-refractivity contribution is 5.84. The number of hydrogen-bond acceptors (Lipinski definition) is 5. The standard InChI is InChI=1S/C23H27NO6/c1-16(18-11-7-6-8-12-18)21(24-17(2)25)22(28)30-19(23(3)15-29-23)13-9-4-5-10-14-20(26)27/h4-14,16,19,21H,15H2,1-3H3,(H,24,25)(H,26,27)/t16-,19+,21-,23-/m0/s1. The van der Waals surface area contributed by atoms with Gasteiger partial charge in [0.1, 0.15) is 11.6 Å². The van der Waals surface area contributed by atoms with E-state index in [4.69, 9.17) is 14.6 Å². The molecule has 0 unspecified atom stereocenters. The monoisotopic (exact) mass is 413 g/mol. The maximum Gasteiger partial charge on any atom is 0.329 e. The summed E-state index contributed by atoms with van der Waals surface area (Å²) < 4.78 is 11.2. The number of carboxylic acids is 1. The van der Waals surface area contributed by atoms with E-state index in [0.717, 1.165) is 11.6 Å². The Hall–Kier alpha value is -3.19. The van der Waals surface area contributed by atoms with Gasteiger partial charge in [-0.1, -0.05) is 61.6 Å². The van der Waals surface area contributed by atoms with Crippen molar-refractivity contribution in [2.24, 2.45) is 0 Å². The number of esters is 1. The minimum absolute atomic E-state index is 0.291. The van der Waals surface area contributed by atoms with Gasteiger partial charge in [-0.05, 0) is 18.6 Å². The molecular formula is C23H27NO6. The second kappa shape index (κ2) is 10.5. The van der Waals surface area contributed by atoms with E-state index in [1.165, 1.54) is 13.0 Å². The normalized spacial score (nSPS) is 21.4. The van der Waals surface area contributed by atoms with E-state index in [9.17, 15) is 14.4 Å². The van der Waals surface area contributed by atoms with Gasteiger partial charge in [0.05, 0.1) is 6.61 Å². The van der Waals surface area contributed by atoms with Crippen LogP contribution in [0.1, 0.15) is 32.3 Å². The molecule has 0 aliphatic carbocycles. The summed E-state index contributed by atoms with van der Waals surface area (Å²) in [5.41, 5.74) is 0.274. The fourth-order valence-corrected chi connectivity index (χ4v) is 2.83. The number of nitrogens with one attached hydrogen (secondary N) is 1. The Labute approximate surface area is 176 Å². The Morgan fingerprint density at radius 2 is 1.80 bits per heavy atom. The minimum atomic E-state index is -1.04. The molecule has 160 valence electrons. The van der Waals surface area contributed by atoms with Crippen molar-refractivity contribution < 1.29 is 29.0 Å². The number of amides is 1. The number of carboxylic acid groups (broad SMARTS) is 1. The summed E-state index contributed by atoms with van der Waals surface area (Å²) in [6.45, 7) is 5.49. The number of allylic oxidation sites excluding steroid dienone is 4. The highest BCUT2D eigenvalue weighted by atomic mass is 16.6. The molecule has 1 fully saturated rings. The van der Waals surface area contributed by atoms with Crippen molar-refractivity contribution >= 4 is 17.8 Å². The Balaban J connectivity index is 2.13. The third-order valence-electron chi connectivity index (χ3n) is 4.74. The van der Waals surface area contributed by atoms with Crippen molar-refractivity contribution in [2.75, 3.05) is 6.61 Å². The van der Waals surface area contributed by atoms with Crippen LogP contribution in [-0.4, -0.2) is 47.3 Å². The molecule has 1 saturated heterocycles. The Bertz CT molecular complexity index is 839. The molecule has 1 aliphatic rings. The molecule has 0 spiro atoms. The summed E-state index contributed by atoms with van der Waals surface area (Å²) in [5, 5.41) is 11.3. The fourth-order valence-electron chi connectivity index (χ4n) is 2.83.